The monoisotopic (exact) mass is 800 g/mol. The minimum absolute atomic E-state index is 0.0286. The minimum Gasteiger partial charge on any atom is -0.469 e. The number of fused-ring (bicyclic) bond motifs is 2. The molecule has 0 bridgehead atoms. The third-order valence-corrected chi connectivity index (χ3v) is 11.1. The highest BCUT2D eigenvalue weighted by atomic mass is 16.3. The fourth-order valence-corrected chi connectivity index (χ4v) is 7.88. The summed E-state index contributed by atoms with van der Waals surface area (Å²) in [6.07, 6.45) is 9.36. The minimum atomic E-state index is -1.07. The third kappa shape index (κ3) is 8.40. The van der Waals surface area contributed by atoms with E-state index in [0.717, 1.165) is 64.9 Å². The van der Waals surface area contributed by atoms with Crippen molar-refractivity contribution < 1.29 is 33.2 Å². The summed E-state index contributed by atoms with van der Waals surface area (Å²) in [5, 5.41) is 16.5. The van der Waals surface area contributed by atoms with Gasteiger partial charge < -0.3 is 24.9 Å². The van der Waals surface area contributed by atoms with Crippen LogP contribution in [0.15, 0.2) is 77.8 Å². The van der Waals surface area contributed by atoms with E-state index in [0.29, 0.717) is 51.0 Å². The number of rotatable bonds is 15. The van der Waals surface area contributed by atoms with Crippen molar-refractivity contribution in [3.8, 4) is 11.1 Å². The molecule has 8 rings (SSSR count). The van der Waals surface area contributed by atoms with E-state index in [9.17, 15) is 28.8 Å². The van der Waals surface area contributed by atoms with Gasteiger partial charge in [-0.05, 0) is 61.2 Å². The quantitative estimate of drug-likeness (QED) is 0.103. The van der Waals surface area contributed by atoms with E-state index in [-0.39, 0.29) is 42.3 Å². The van der Waals surface area contributed by atoms with Crippen LogP contribution in [0.5, 0.6) is 0 Å². The van der Waals surface area contributed by atoms with Crippen LogP contribution in [-0.4, -0.2) is 110 Å². The molecule has 0 saturated carbocycles. The molecule has 17 nitrogen and oxygen atoms in total. The van der Waals surface area contributed by atoms with Gasteiger partial charge >= 0.3 is 0 Å². The van der Waals surface area contributed by atoms with E-state index in [2.05, 4.69) is 55.3 Å². The number of aromatic nitrogens is 4. The summed E-state index contributed by atoms with van der Waals surface area (Å²) in [7, 11) is 0. The topological polar surface area (TPSA) is 204 Å². The lowest BCUT2D eigenvalue weighted by atomic mass is 10.0. The maximum absolute atomic E-state index is 13.3. The van der Waals surface area contributed by atoms with Gasteiger partial charge in [0.1, 0.15) is 24.0 Å². The Morgan fingerprint density at radius 2 is 1.71 bits per heavy atom. The molecule has 2 aromatic carbocycles. The number of nitrogens with one attached hydrogen (secondary N) is 3. The summed E-state index contributed by atoms with van der Waals surface area (Å²) in [5.74, 6) is -0.777. The smallest absolute Gasteiger partial charge is 0.264 e. The van der Waals surface area contributed by atoms with Crippen LogP contribution in [0.4, 0.5) is 11.4 Å². The standard InChI is InChI=1S/C42H44N10O7/c53-35-17-15-33(40(56)47-35)52-41(57)30-7-4-8-32(38(30)42(52)58)44-25-36(54)43-18-3-1-2-9-37(55)50-21-19-49(20-22-50)28-12-10-27(11-13-28)31-24-45-34(51-26-46-48-39(31)51)16-14-29-6-5-23-59-29/h4-8,10-13,23-24,26,33,44H,1-3,9,14-22,25H2,(H,43,54)(H,47,53,56). The second-order valence-corrected chi connectivity index (χ2v) is 14.8. The molecule has 5 aromatic rings. The van der Waals surface area contributed by atoms with Crippen molar-refractivity contribution in [1.82, 2.24) is 40.0 Å². The number of imide groups is 2. The van der Waals surface area contributed by atoms with Gasteiger partial charge in [-0.25, -0.2) is 4.98 Å². The number of benzene rings is 2. The third-order valence-electron chi connectivity index (χ3n) is 11.1. The number of amides is 6. The first-order valence-electron chi connectivity index (χ1n) is 19.9. The van der Waals surface area contributed by atoms with E-state index in [1.807, 2.05) is 27.6 Å². The molecule has 0 spiro atoms. The van der Waals surface area contributed by atoms with Crippen LogP contribution in [0.3, 0.4) is 0 Å². The number of anilines is 2. The van der Waals surface area contributed by atoms with Crippen molar-refractivity contribution in [3.05, 3.63) is 96.1 Å². The highest BCUT2D eigenvalue weighted by molar-refractivity contribution is 6.25. The Morgan fingerprint density at radius 3 is 2.49 bits per heavy atom. The second-order valence-electron chi connectivity index (χ2n) is 14.8. The molecule has 1 unspecified atom stereocenters. The predicted octanol–water partition coefficient (Wildman–Crippen LogP) is 3.01. The van der Waals surface area contributed by atoms with Crippen molar-refractivity contribution in [1.29, 1.82) is 0 Å². The molecule has 0 aliphatic carbocycles. The SMILES string of the molecule is O=C(CNc1cccc2c1C(=O)N(C1CCC(=O)NC1=O)C2=O)NCCCCCC(=O)N1CCN(c2ccc(-c3cnc(CCc4ccco4)n4cnnc34)cc2)CC1. The zero-order chi connectivity index (χ0) is 40.9. The van der Waals surface area contributed by atoms with Crippen LogP contribution in [0.1, 0.15) is 70.8 Å². The molecule has 3 aliphatic heterocycles. The maximum Gasteiger partial charge on any atom is 0.264 e. The van der Waals surface area contributed by atoms with Gasteiger partial charge in [-0.2, -0.15) is 0 Å². The van der Waals surface area contributed by atoms with Gasteiger partial charge in [0.2, 0.25) is 23.6 Å². The molecule has 2 saturated heterocycles. The second kappa shape index (κ2) is 17.3. The fraction of sp³-hybridized carbons (Fsp3) is 0.357. The molecule has 1 atom stereocenters. The summed E-state index contributed by atoms with van der Waals surface area (Å²) >= 11 is 0. The first-order valence-corrected chi connectivity index (χ1v) is 19.9. The number of carbonyl (C=O) groups excluding carboxylic acids is 6. The molecule has 6 amide bonds. The van der Waals surface area contributed by atoms with Gasteiger partial charge in [-0.3, -0.25) is 43.4 Å². The van der Waals surface area contributed by atoms with Crippen LogP contribution in [0, 0.1) is 0 Å². The fourth-order valence-electron chi connectivity index (χ4n) is 7.88. The predicted molar refractivity (Wildman–Crippen MR) is 214 cm³/mol. The zero-order valence-electron chi connectivity index (χ0n) is 32.4. The summed E-state index contributed by atoms with van der Waals surface area (Å²) in [6, 6.07) is 15.8. The van der Waals surface area contributed by atoms with Gasteiger partial charge in [0, 0.05) is 81.5 Å². The molecule has 3 N–H and O–H groups in total. The molecule has 3 aliphatic rings. The van der Waals surface area contributed by atoms with Crippen LogP contribution in [0.2, 0.25) is 0 Å². The molecule has 59 heavy (non-hydrogen) atoms. The molecule has 6 heterocycles. The van der Waals surface area contributed by atoms with Gasteiger partial charge in [0.15, 0.2) is 5.65 Å². The average Bonchev–Trinajstić information content (AvgIpc) is 4.02. The lowest BCUT2D eigenvalue weighted by Gasteiger charge is -2.36. The zero-order valence-corrected chi connectivity index (χ0v) is 32.4. The normalized spacial score (nSPS) is 16.7. The van der Waals surface area contributed by atoms with Crippen molar-refractivity contribution in [2.45, 2.75) is 57.4 Å². The van der Waals surface area contributed by atoms with Crippen LogP contribution >= 0.6 is 0 Å². The summed E-state index contributed by atoms with van der Waals surface area (Å²) < 4.78 is 7.40. The Morgan fingerprint density at radius 1 is 0.881 bits per heavy atom. The number of hydrogen-bond donors (Lipinski definition) is 3. The van der Waals surface area contributed by atoms with E-state index in [1.165, 1.54) is 6.07 Å². The largest absolute Gasteiger partial charge is 0.469 e. The first-order chi connectivity index (χ1) is 28.7. The Hall–Kier alpha value is -6.91. The number of unbranched alkanes of at least 4 members (excludes halogenated alkanes) is 2. The number of nitrogens with zero attached hydrogens (tertiary/aromatic N) is 7. The van der Waals surface area contributed by atoms with E-state index in [1.54, 1.807) is 24.7 Å². The Labute approximate surface area is 339 Å². The molecule has 304 valence electrons. The summed E-state index contributed by atoms with van der Waals surface area (Å²) in [5.41, 5.74) is 4.28. The molecule has 2 fully saturated rings. The number of piperidine rings is 1. The van der Waals surface area contributed by atoms with E-state index >= 15 is 0 Å². The van der Waals surface area contributed by atoms with Gasteiger partial charge in [0.05, 0.1) is 23.9 Å². The number of carbonyl (C=O) groups is 6. The van der Waals surface area contributed by atoms with Crippen LogP contribution < -0.4 is 20.9 Å². The lowest BCUT2D eigenvalue weighted by Crippen LogP contribution is -2.54. The Kier molecular flexibility index (Phi) is 11.4. The Balaban J connectivity index is 0.730. The molecular weight excluding hydrogens is 757 g/mol. The van der Waals surface area contributed by atoms with Crippen molar-refractivity contribution in [3.63, 3.8) is 0 Å². The molecule has 0 radical (unpaired) electrons. The Bertz CT molecular complexity index is 2390. The molecule has 3 aromatic heterocycles. The van der Waals surface area contributed by atoms with Crippen LogP contribution in [0.25, 0.3) is 16.8 Å². The highest BCUT2D eigenvalue weighted by Crippen LogP contribution is 2.32. The summed E-state index contributed by atoms with van der Waals surface area (Å²) in [6.45, 7) is 3.06. The molecule has 17 heteroatoms. The lowest BCUT2D eigenvalue weighted by molar-refractivity contribution is -0.136. The maximum atomic E-state index is 13.3. The van der Waals surface area contributed by atoms with E-state index < -0.39 is 29.7 Å². The highest BCUT2D eigenvalue weighted by Gasteiger charge is 2.45. The average molecular weight is 801 g/mol. The summed E-state index contributed by atoms with van der Waals surface area (Å²) in [4.78, 5) is 85.7. The van der Waals surface area contributed by atoms with Crippen molar-refractivity contribution in [2.75, 3.05) is 49.5 Å². The van der Waals surface area contributed by atoms with E-state index in [4.69, 9.17) is 9.40 Å². The van der Waals surface area contributed by atoms with Gasteiger partial charge in [-0.15, -0.1) is 10.2 Å². The first kappa shape index (κ1) is 38.9. The number of piperazine rings is 1. The number of furan rings is 1. The number of hydrogen-bond acceptors (Lipinski definition) is 12. The van der Waals surface area contributed by atoms with Crippen LogP contribution in [-0.2, 0) is 32.0 Å². The molecular formula is C42H44N10O7. The van der Waals surface area contributed by atoms with Crippen molar-refractivity contribution in [2.24, 2.45) is 0 Å². The van der Waals surface area contributed by atoms with Crippen molar-refractivity contribution >= 4 is 52.5 Å². The number of aryl methyl sites for hydroxylation is 2. The van der Waals surface area contributed by atoms with Gasteiger partial charge in [-0.1, -0.05) is 24.6 Å². The van der Waals surface area contributed by atoms with Gasteiger partial charge in [0.25, 0.3) is 11.8 Å².